The summed E-state index contributed by atoms with van der Waals surface area (Å²) in [5, 5.41) is 0. The van der Waals surface area contributed by atoms with Crippen LogP contribution in [0.4, 0.5) is 0 Å². The van der Waals surface area contributed by atoms with E-state index in [1.807, 2.05) is 37.4 Å². The molecule has 0 radical (unpaired) electrons. The lowest BCUT2D eigenvalue weighted by atomic mass is 9.77. The van der Waals surface area contributed by atoms with Gasteiger partial charge >= 0.3 is 0 Å². The van der Waals surface area contributed by atoms with Gasteiger partial charge < -0.3 is 9.80 Å². The van der Waals surface area contributed by atoms with Gasteiger partial charge in [-0.1, -0.05) is 76.2 Å². The van der Waals surface area contributed by atoms with Crippen LogP contribution in [0.1, 0.15) is 107 Å². The zero-order valence-electron chi connectivity index (χ0n) is 30.9. The molecule has 2 fully saturated rings. The van der Waals surface area contributed by atoms with E-state index in [4.69, 9.17) is 0 Å². The van der Waals surface area contributed by atoms with Gasteiger partial charge in [0.25, 0.3) is 0 Å². The summed E-state index contributed by atoms with van der Waals surface area (Å²) >= 11 is 8.22. The first-order valence-corrected chi connectivity index (χ1v) is 23.6. The van der Waals surface area contributed by atoms with E-state index in [0.29, 0.717) is 35.5 Å². The molecule has 0 saturated carbocycles. The van der Waals surface area contributed by atoms with Crippen molar-refractivity contribution in [2.24, 2.45) is 11.8 Å². The molecule has 2 spiro atoms. The molecular weight excluding hydrogens is 705 g/mol. The normalized spacial score (nSPS) is 29.8. The quantitative estimate of drug-likeness (QED) is 0.263. The van der Waals surface area contributed by atoms with Crippen LogP contribution in [0.5, 0.6) is 0 Å². The highest BCUT2D eigenvalue weighted by Crippen LogP contribution is 2.62. The Labute approximate surface area is 323 Å². The van der Waals surface area contributed by atoms with Gasteiger partial charge in [0.1, 0.15) is 0 Å². The van der Waals surface area contributed by atoms with E-state index in [1.54, 1.807) is 0 Å². The number of allylic oxidation sites excluding steroid dienone is 2. The molecule has 6 aliphatic heterocycles. The summed E-state index contributed by atoms with van der Waals surface area (Å²) in [6.07, 6.45) is 9.35. The van der Waals surface area contributed by atoms with E-state index in [1.165, 1.54) is 74.2 Å². The number of carbonyl (C=O) groups is 2. The summed E-state index contributed by atoms with van der Waals surface area (Å²) in [6, 6.07) is 18.9. The van der Waals surface area contributed by atoms with Crippen LogP contribution < -0.4 is 0 Å². The SMILES string of the molecule is CC.CC1CC(=O)C2=C(C1)N1CCc3ccccc3C1CC21SCCCS1.CC1CC(=O)C2=C(C1)N1CCc3ccccc3C1CC21SCCS1. The average molecular weight is 759 g/mol. The van der Waals surface area contributed by atoms with E-state index in [2.05, 4.69) is 95.7 Å². The third-order valence-electron chi connectivity index (χ3n) is 12.2. The molecule has 272 valence electrons. The number of fused-ring (bicyclic) bond motifs is 10. The van der Waals surface area contributed by atoms with Crippen LogP contribution in [-0.2, 0) is 22.4 Å². The van der Waals surface area contributed by atoms with Crippen LogP contribution in [-0.4, -0.2) is 65.6 Å². The first kappa shape index (κ1) is 36.2. The Balaban J connectivity index is 0.000000140. The van der Waals surface area contributed by atoms with Crippen molar-refractivity contribution < 1.29 is 9.59 Å². The number of benzene rings is 2. The molecule has 8 heteroatoms. The molecule has 2 saturated heterocycles. The number of rotatable bonds is 0. The van der Waals surface area contributed by atoms with Gasteiger partial charge in [0.05, 0.1) is 20.2 Å². The minimum Gasteiger partial charge on any atom is -0.367 e. The monoisotopic (exact) mass is 758 g/mol. The molecule has 2 aromatic carbocycles. The molecule has 0 amide bonds. The number of thioether (sulfide) groups is 4. The number of hydrogen-bond donors (Lipinski definition) is 0. The zero-order valence-corrected chi connectivity index (χ0v) is 34.1. The van der Waals surface area contributed by atoms with Crippen LogP contribution in [0.25, 0.3) is 0 Å². The number of ketones is 2. The summed E-state index contributed by atoms with van der Waals surface area (Å²) < 4.78 is 0.0363. The van der Waals surface area contributed by atoms with Gasteiger partial charge in [0.2, 0.25) is 0 Å². The smallest absolute Gasteiger partial charge is 0.163 e. The number of hydrogen-bond acceptors (Lipinski definition) is 8. The van der Waals surface area contributed by atoms with Crippen molar-refractivity contribution in [2.45, 2.75) is 106 Å². The molecule has 6 heterocycles. The van der Waals surface area contributed by atoms with Gasteiger partial charge in [-0.3, -0.25) is 9.59 Å². The second-order valence-corrected chi connectivity index (χ2v) is 21.6. The van der Waals surface area contributed by atoms with E-state index in [9.17, 15) is 9.59 Å². The Morgan fingerprint density at radius 1 is 0.588 bits per heavy atom. The molecule has 51 heavy (non-hydrogen) atoms. The average Bonchev–Trinajstić information content (AvgIpc) is 3.60. The lowest BCUT2D eigenvalue weighted by Crippen LogP contribution is -2.49. The van der Waals surface area contributed by atoms with E-state index in [0.717, 1.165) is 64.5 Å². The lowest BCUT2D eigenvalue weighted by Gasteiger charge is -2.54. The van der Waals surface area contributed by atoms with Crippen LogP contribution in [0.2, 0.25) is 0 Å². The molecule has 4 nitrogen and oxygen atoms in total. The topological polar surface area (TPSA) is 40.6 Å². The first-order valence-electron chi connectivity index (χ1n) is 19.6. The minimum atomic E-state index is 0.0103. The van der Waals surface area contributed by atoms with Crippen molar-refractivity contribution in [3.8, 4) is 0 Å². The highest BCUT2D eigenvalue weighted by atomic mass is 32.2. The number of Topliss-reactive ketones (excluding diaryl/α,β-unsaturated/α-hetero) is 2. The van der Waals surface area contributed by atoms with Gasteiger partial charge in [-0.2, -0.15) is 0 Å². The Kier molecular flexibility index (Phi) is 10.5. The molecule has 2 aromatic rings. The summed E-state index contributed by atoms with van der Waals surface area (Å²) in [5.74, 6) is 6.59. The number of carbonyl (C=O) groups excluding carboxylic acids is 2. The molecule has 8 aliphatic rings. The predicted octanol–water partition coefficient (Wildman–Crippen LogP) is 10.3. The summed E-state index contributed by atoms with van der Waals surface area (Å²) in [7, 11) is 0. The van der Waals surface area contributed by atoms with Gasteiger partial charge in [-0.05, 0) is 77.7 Å². The zero-order chi connectivity index (χ0) is 35.3. The molecule has 4 unspecified atom stereocenters. The predicted molar refractivity (Wildman–Crippen MR) is 221 cm³/mol. The van der Waals surface area contributed by atoms with Crippen molar-refractivity contribution in [1.82, 2.24) is 9.80 Å². The Morgan fingerprint density at radius 2 is 1.00 bits per heavy atom. The molecule has 10 rings (SSSR count). The van der Waals surface area contributed by atoms with Gasteiger partial charge in [-0.15, -0.1) is 47.0 Å². The highest BCUT2D eigenvalue weighted by molar-refractivity contribution is 8.21. The molecule has 0 bridgehead atoms. The summed E-state index contributed by atoms with van der Waals surface area (Å²) in [6.45, 7) is 10.6. The molecule has 0 N–H and O–H groups in total. The number of nitrogens with zero attached hydrogens (tertiary/aromatic N) is 2. The second-order valence-electron chi connectivity index (χ2n) is 15.5. The van der Waals surface area contributed by atoms with E-state index in [-0.39, 0.29) is 8.16 Å². The lowest BCUT2D eigenvalue weighted by molar-refractivity contribution is -0.118. The van der Waals surface area contributed by atoms with Crippen molar-refractivity contribution in [3.63, 3.8) is 0 Å². The third-order valence-corrected chi connectivity index (χ3v) is 19.0. The van der Waals surface area contributed by atoms with Crippen LogP contribution >= 0.6 is 47.0 Å². The van der Waals surface area contributed by atoms with Crippen LogP contribution in [0, 0.1) is 11.8 Å². The fourth-order valence-corrected chi connectivity index (χ4v) is 17.2. The van der Waals surface area contributed by atoms with Crippen LogP contribution in [0.3, 0.4) is 0 Å². The maximum absolute atomic E-state index is 13.1. The highest BCUT2D eigenvalue weighted by Gasteiger charge is 2.54. The summed E-state index contributed by atoms with van der Waals surface area (Å²) in [5.41, 5.74) is 11.2. The Bertz CT molecular complexity index is 1740. The van der Waals surface area contributed by atoms with Gasteiger partial charge in [0, 0.05) is 72.8 Å². The van der Waals surface area contributed by atoms with E-state index < -0.39 is 0 Å². The molecular formula is C43H54N2O2S4. The Hall–Kier alpha value is -1.74. The third kappa shape index (κ3) is 6.38. The standard InChI is InChI=1S/C21H25NOS2.C20H23NOS2.C2H6/c1-14-11-17-20(19(23)12-14)21(24-9-4-10-25-21)13-18-16-6-3-2-5-15(16)7-8-22(17)18;1-13-10-16-19(18(22)11-13)20(23-8-9-24-20)12-17-15-5-3-2-4-14(15)6-7-21(16)17;1-2/h2-3,5-6,14,18H,4,7-13H2,1H3;2-5,13,17H,6-12H2,1H3;1-2H3. The van der Waals surface area contributed by atoms with Gasteiger partial charge in [-0.25, -0.2) is 0 Å². The van der Waals surface area contributed by atoms with Crippen molar-refractivity contribution in [1.29, 1.82) is 0 Å². The fourth-order valence-electron chi connectivity index (χ4n) is 10.2. The van der Waals surface area contributed by atoms with Gasteiger partial charge in [0.15, 0.2) is 11.6 Å². The minimum absolute atomic E-state index is 0.0103. The van der Waals surface area contributed by atoms with Crippen molar-refractivity contribution in [3.05, 3.63) is 93.3 Å². The molecule has 2 aliphatic carbocycles. The van der Waals surface area contributed by atoms with Crippen molar-refractivity contribution >= 4 is 58.6 Å². The maximum Gasteiger partial charge on any atom is 0.163 e. The fraction of sp³-hybridized carbons (Fsp3) is 0.581. The van der Waals surface area contributed by atoms with Crippen molar-refractivity contribution in [2.75, 3.05) is 36.1 Å². The molecule has 4 atom stereocenters. The summed E-state index contributed by atoms with van der Waals surface area (Å²) in [4.78, 5) is 31.4. The second kappa shape index (κ2) is 14.8. The molecule has 0 aromatic heterocycles. The first-order chi connectivity index (χ1) is 24.9. The Morgan fingerprint density at radius 3 is 1.45 bits per heavy atom. The maximum atomic E-state index is 13.1. The van der Waals surface area contributed by atoms with E-state index >= 15 is 0 Å². The van der Waals surface area contributed by atoms with Crippen LogP contribution in [0.15, 0.2) is 71.1 Å². The largest absolute Gasteiger partial charge is 0.367 e.